The maximum atomic E-state index is 12.1. The van der Waals surface area contributed by atoms with Crippen LogP contribution in [0.2, 0.25) is 0 Å². The molecule has 152 valence electrons. The zero-order valence-corrected chi connectivity index (χ0v) is 17.2. The number of hydrogen-bond donors (Lipinski definition) is 2. The highest BCUT2D eigenvalue weighted by atomic mass is 32.2. The molecule has 1 heterocycles. The van der Waals surface area contributed by atoms with Gasteiger partial charge in [-0.3, -0.25) is 4.79 Å². The molecule has 0 aliphatic carbocycles. The van der Waals surface area contributed by atoms with Crippen LogP contribution in [-0.2, 0) is 23.8 Å². The third-order valence-electron chi connectivity index (χ3n) is 4.84. The maximum absolute atomic E-state index is 12.1. The fourth-order valence-electron chi connectivity index (χ4n) is 3.23. The van der Waals surface area contributed by atoms with Gasteiger partial charge in [-0.25, -0.2) is 4.18 Å². The molecule has 9 heteroatoms. The number of carbonyl (C=O) groups excluding carboxylic acids is 1. The Morgan fingerprint density at radius 2 is 1.85 bits per heavy atom. The van der Waals surface area contributed by atoms with E-state index in [0.717, 1.165) is 5.56 Å². The van der Waals surface area contributed by atoms with Gasteiger partial charge in [0.15, 0.2) is 6.79 Å². The number of nitrogens with one attached hydrogen (secondary N) is 1. The molecule has 2 rings (SSSR count). The third-order valence-corrected chi connectivity index (χ3v) is 6.10. The van der Waals surface area contributed by atoms with Crippen LogP contribution in [0.3, 0.4) is 0 Å². The fourth-order valence-corrected chi connectivity index (χ4v) is 4.03. The van der Waals surface area contributed by atoms with Gasteiger partial charge < -0.3 is 15.3 Å². The summed E-state index contributed by atoms with van der Waals surface area (Å²) in [6.45, 7) is 8.40. The SMILES string of the molecule is Cc1ccc(S(=O)(=O)OCOCC(=O)NC2CC(C)(C)N(O)C2(C)C)cc1. The number of carbonyl (C=O) groups is 1. The normalized spacial score (nSPS) is 21.9. The number of nitrogens with zero attached hydrogens (tertiary/aromatic N) is 1. The smallest absolute Gasteiger partial charge is 0.299 e. The summed E-state index contributed by atoms with van der Waals surface area (Å²) in [6, 6.07) is 5.95. The predicted octanol–water partition coefficient (Wildman–Crippen LogP) is 1.81. The number of aryl methyl sites for hydroxylation is 1. The van der Waals surface area contributed by atoms with Crippen molar-refractivity contribution in [1.29, 1.82) is 0 Å². The molecular formula is C18H28N2O6S. The fraction of sp³-hybridized carbons (Fsp3) is 0.611. The van der Waals surface area contributed by atoms with Gasteiger partial charge >= 0.3 is 0 Å². The van der Waals surface area contributed by atoms with E-state index >= 15 is 0 Å². The Morgan fingerprint density at radius 1 is 1.26 bits per heavy atom. The van der Waals surface area contributed by atoms with E-state index in [4.69, 9.17) is 8.92 Å². The molecule has 1 aliphatic heterocycles. The lowest BCUT2D eigenvalue weighted by molar-refractivity contribution is -0.194. The summed E-state index contributed by atoms with van der Waals surface area (Å²) < 4.78 is 33.9. The highest BCUT2D eigenvalue weighted by Gasteiger charge is 2.51. The Balaban J connectivity index is 1.81. The van der Waals surface area contributed by atoms with E-state index in [0.29, 0.717) is 6.42 Å². The van der Waals surface area contributed by atoms with Crippen molar-refractivity contribution >= 4 is 16.0 Å². The molecule has 1 aliphatic rings. The number of ether oxygens (including phenoxy) is 1. The molecule has 1 aromatic rings. The van der Waals surface area contributed by atoms with Crippen LogP contribution in [0.15, 0.2) is 29.2 Å². The Bertz CT molecular complexity index is 774. The first-order chi connectivity index (χ1) is 12.4. The average Bonchev–Trinajstić information content (AvgIpc) is 2.72. The summed E-state index contributed by atoms with van der Waals surface area (Å²) in [4.78, 5) is 12.1. The van der Waals surface area contributed by atoms with Crippen molar-refractivity contribution in [2.45, 2.75) is 63.1 Å². The molecule has 1 fully saturated rings. The van der Waals surface area contributed by atoms with E-state index in [1.54, 1.807) is 12.1 Å². The van der Waals surface area contributed by atoms with Gasteiger partial charge in [0.1, 0.15) is 6.61 Å². The molecule has 0 radical (unpaired) electrons. The molecule has 0 aromatic heterocycles. The first-order valence-corrected chi connectivity index (χ1v) is 10.1. The van der Waals surface area contributed by atoms with Crippen molar-refractivity contribution in [3.05, 3.63) is 29.8 Å². The molecule has 8 nitrogen and oxygen atoms in total. The van der Waals surface area contributed by atoms with Gasteiger partial charge in [-0.15, -0.1) is 0 Å². The summed E-state index contributed by atoms with van der Waals surface area (Å²) in [5.74, 6) is -0.407. The number of hydroxylamine groups is 2. The maximum Gasteiger partial charge on any atom is 0.299 e. The summed E-state index contributed by atoms with van der Waals surface area (Å²) in [5, 5.41) is 14.3. The summed E-state index contributed by atoms with van der Waals surface area (Å²) in [7, 11) is -3.94. The van der Waals surface area contributed by atoms with Gasteiger partial charge in [0.25, 0.3) is 10.1 Å². The van der Waals surface area contributed by atoms with Crippen LogP contribution < -0.4 is 5.32 Å². The second-order valence-electron chi connectivity index (χ2n) is 7.95. The highest BCUT2D eigenvalue weighted by Crippen LogP contribution is 2.38. The van der Waals surface area contributed by atoms with E-state index in [2.05, 4.69) is 5.32 Å². The predicted molar refractivity (Wildman–Crippen MR) is 98.6 cm³/mol. The van der Waals surface area contributed by atoms with Crippen LogP contribution in [0.4, 0.5) is 0 Å². The minimum Gasteiger partial charge on any atom is -0.349 e. The molecule has 0 bridgehead atoms. The quantitative estimate of drug-likeness (QED) is 0.408. The van der Waals surface area contributed by atoms with Crippen molar-refractivity contribution in [1.82, 2.24) is 10.4 Å². The third kappa shape index (κ3) is 5.05. The van der Waals surface area contributed by atoms with E-state index in [1.165, 1.54) is 17.2 Å². The van der Waals surface area contributed by atoms with Crippen LogP contribution in [-0.4, -0.2) is 55.1 Å². The number of hydrogen-bond acceptors (Lipinski definition) is 7. The molecule has 0 spiro atoms. The minimum absolute atomic E-state index is 0.0270. The summed E-state index contributed by atoms with van der Waals surface area (Å²) in [5.41, 5.74) is -0.167. The highest BCUT2D eigenvalue weighted by molar-refractivity contribution is 7.86. The van der Waals surface area contributed by atoms with E-state index < -0.39 is 33.9 Å². The first kappa shape index (κ1) is 21.8. The average molecular weight is 400 g/mol. The Labute approximate surface area is 160 Å². The Morgan fingerprint density at radius 3 is 2.37 bits per heavy atom. The lowest BCUT2D eigenvalue weighted by atomic mass is 9.94. The summed E-state index contributed by atoms with van der Waals surface area (Å²) >= 11 is 0. The lowest BCUT2D eigenvalue weighted by Crippen LogP contribution is -2.53. The number of rotatable bonds is 7. The van der Waals surface area contributed by atoms with Gasteiger partial charge in [-0.05, 0) is 53.2 Å². The van der Waals surface area contributed by atoms with Crippen LogP contribution in [0.1, 0.15) is 39.7 Å². The van der Waals surface area contributed by atoms with Crippen LogP contribution in [0.25, 0.3) is 0 Å². The van der Waals surface area contributed by atoms with Gasteiger partial charge in [-0.1, -0.05) is 17.7 Å². The van der Waals surface area contributed by atoms with Crippen molar-refractivity contribution in [3.8, 4) is 0 Å². The molecule has 1 amide bonds. The Hall–Kier alpha value is -1.52. The zero-order chi connectivity index (χ0) is 20.5. The number of amides is 1. The van der Waals surface area contributed by atoms with E-state index in [1.807, 2.05) is 34.6 Å². The largest absolute Gasteiger partial charge is 0.349 e. The molecule has 27 heavy (non-hydrogen) atoms. The van der Waals surface area contributed by atoms with E-state index in [9.17, 15) is 18.4 Å². The molecule has 1 aromatic carbocycles. The second kappa shape index (κ2) is 7.84. The topological polar surface area (TPSA) is 105 Å². The summed E-state index contributed by atoms with van der Waals surface area (Å²) in [6.07, 6.45) is 0.570. The van der Waals surface area contributed by atoms with Crippen molar-refractivity contribution in [3.63, 3.8) is 0 Å². The van der Waals surface area contributed by atoms with Crippen LogP contribution in [0, 0.1) is 6.92 Å². The van der Waals surface area contributed by atoms with Crippen molar-refractivity contribution < 1.29 is 27.3 Å². The molecular weight excluding hydrogens is 372 g/mol. The van der Waals surface area contributed by atoms with Crippen LogP contribution >= 0.6 is 0 Å². The van der Waals surface area contributed by atoms with Crippen molar-refractivity contribution in [2.75, 3.05) is 13.4 Å². The standard InChI is InChI=1S/C18H28N2O6S/c1-13-6-8-14(9-7-13)27(23,24)26-12-25-11-16(21)19-15-10-17(2,3)20(22)18(15,4)5/h6-9,15,22H,10-12H2,1-5H3,(H,19,21). The molecule has 2 N–H and O–H groups in total. The first-order valence-electron chi connectivity index (χ1n) is 8.69. The van der Waals surface area contributed by atoms with Gasteiger partial charge in [-0.2, -0.15) is 13.5 Å². The molecule has 0 saturated carbocycles. The van der Waals surface area contributed by atoms with Crippen molar-refractivity contribution in [2.24, 2.45) is 0 Å². The van der Waals surface area contributed by atoms with Crippen LogP contribution in [0.5, 0.6) is 0 Å². The van der Waals surface area contributed by atoms with E-state index in [-0.39, 0.29) is 17.5 Å². The molecule has 1 atom stereocenters. The Kier molecular flexibility index (Phi) is 6.33. The van der Waals surface area contributed by atoms with Gasteiger partial charge in [0.2, 0.25) is 5.91 Å². The lowest BCUT2D eigenvalue weighted by Gasteiger charge is -2.35. The van der Waals surface area contributed by atoms with Gasteiger partial charge in [0.05, 0.1) is 16.5 Å². The van der Waals surface area contributed by atoms with Gasteiger partial charge in [0, 0.05) is 5.54 Å². The number of benzene rings is 1. The molecule has 1 unspecified atom stereocenters. The second-order valence-corrected chi connectivity index (χ2v) is 9.57. The monoisotopic (exact) mass is 400 g/mol. The molecule has 1 saturated heterocycles. The zero-order valence-electron chi connectivity index (χ0n) is 16.4. The minimum atomic E-state index is -3.94.